The van der Waals surface area contributed by atoms with Crippen molar-refractivity contribution in [2.24, 2.45) is 5.10 Å². The highest BCUT2D eigenvalue weighted by Crippen LogP contribution is 2.20. The van der Waals surface area contributed by atoms with E-state index in [0.29, 0.717) is 10.8 Å². The van der Waals surface area contributed by atoms with Gasteiger partial charge in [-0.05, 0) is 61.7 Å². The van der Waals surface area contributed by atoms with E-state index >= 15 is 0 Å². The fourth-order valence-corrected chi connectivity index (χ4v) is 3.29. The van der Waals surface area contributed by atoms with Crippen molar-refractivity contribution in [3.63, 3.8) is 0 Å². The van der Waals surface area contributed by atoms with Crippen molar-refractivity contribution in [3.8, 4) is 5.75 Å². The quantitative estimate of drug-likeness (QED) is 0.568. The molecule has 5 nitrogen and oxygen atoms in total. The van der Waals surface area contributed by atoms with E-state index in [1.807, 2.05) is 6.92 Å². The third-order valence-electron chi connectivity index (χ3n) is 4.79. The molecule has 0 bridgehead atoms. The molecule has 1 saturated heterocycles. The molecule has 1 fully saturated rings. The van der Waals surface area contributed by atoms with Crippen LogP contribution in [-0.4, -0.2) is 31.3 Å². The molecule has 1 heterocycles. The molecule has 0 radical (unpaired) electrons. The molecular formula is C22H26ClN3O2. The second-order valence-electron chi connectivity index (χ2n) is 6.92. The Morgan fingerprint density at radius 2 is 1.68 bits per heavy atom. The molecule has 148 valence electrons. The van der Waals surface area contributed by atoms with Crippen molar-refractivity contribution >= 4 is 28.9 Å². The number of carbonyl (C=O) groups is 1. The van der Waals surface area contributed by atoms with Crippen molar-refractivity contribution < 1.29 is 9.53 Å². The summed E-state index contributed by atoms with van der Waals surface area (Å²) in [5, 5.41) is 4.80. The highest BCUT2D eigenvalue weighted by atomic mass is 35.5. The van der Waals surface area contributed by atoms with Gasteiger partial charge in [0.2, 0.25) is 0 Å². The first-order chi connectivity index (χ1) is 13.6. The molecule has 0 aliphatic carbocycles. The minimum atomic E-state index is -0.310. The molecule has 1 aliphatic rings. The van der Waals surface area contributed by atoms with Crippen molar-refractivity contribution in [2.45, 2.75) is 32.6 Å². The van der Waals surface area contributed by atoms with Gasteiger partial charge in [-0.2, -0.15) is 5.10 Å². The van der Waals surface area contributed by atoms with Gasteiger partial charge in [-0.1, -0.05) is 36.6 Å². The Morgan fingerprint density at radius 3 is 2.32 bits per heavy atom. The Labute approximate surface area is 171 Å². The van der Waals surface area contributed by atoms with Crippen molar-refractivity contribution in [1.82, 2.24) is 5.43 Å². The molecule has 2 aromatic rings. The van der Waals surface area contributed by atoms with Crippen LogP contribution in [0, 0.1) is 0 Å². The lowest BCUT2D eigenvalue weighted by Crippen LogP contribution is -2.25. The zero-order valence-corrected chi connectivity index (χ0v) is 16.9. The molecule has 0 aromatic heterocycles. The molecule has 1 amide bonds. The molecule has 3 rings (SSSR count). The van der Waals surface area contributed by atoms with Crippen LogP contribution in [0.5, 0.6) is 5.75 Å². The minimum absolute atomic E-state index is 0.105. The summed E-state index contributed by atoms with van der Waals surface area (Å²) in [7, 11) is 0. The largest absolute Gasteiger partial charge is 0.484 e. The smallest absolute Gasteiger partial charge is 0.277 e. The summed E-state index contributed by atoms with van der Waals surface area (Å²) >= 11 is 5.82. The number of hydrogen-bond acceptors (Lipinski definition) is 4. The summed E-state index contributed by atoms with van der Waals surface area (Å²) in [5.74, 6) is 0.278. The highest BCUT2D eigenvalue weighted by molar-refractivity contribution is 6.30. The van der Waals surface area contributed by atoms with Gasteiger partial charge < -0.3 is 9.64 Å². The summed E-state index contributed by atoms with van der Waals surface area (Å²) in [6.07, 6.45) is 5.16. The van der Waals surface area contributed by atoms with Crippen LogP contribution in [0.3, 0.4) is 0 Å². The van der Waals surface area contributed by atoms with Gasteiger partial charge in [-0.25, -0.2) is 5.43 Å². The number of rotatable bonds is 6. The van der Waals surface area contributed by atoms with Gasteiger partial charge in [0, 0.05) is 23.8 Å². The van der Waals surface area contributed by atoms with Gasteiger partial charge in [0.25, 0.3) is 5.91 Å². The second kappa shape index (κ2) is 10.1. The van der Waals surface area contributed by atoms with Crippen LogP contribution in [-0.2, 0) is 4.79 Å². The van der Waals surface area contributed by atoms with Gasteiger partial charge in [0.1, 0.15) is 5.75 Å². The summed E-state index contributed by atoms with van der Waals surface area (Å²) in [6.45, 7) is 4.01. The van der Waals surface area contributed by atoms with E-state index in [1.165, 1.54) is 31.4 Å². The third-order valence-corrected chi connectivity index (χ3v) is 5.04. The van der Waals surface area contributed by atoms with Crippen LogP contribution in [0.1, 0.15) is 38.2 Å². The number of anilines is 1. The molecule has 0 atom stereocenters. The number of halogens is 1. The number of hydrogen-bond donors (Lipinski definition) is 1. The molecule has 0 spiro atoms. The van der Waals surface area contributed by atoms with Gasteiger partial charge >= 0.3 is 0 Å². The number of carbonyl (C=O) groups excluding carboxylic acids is 1. The normalized spacial score (nSPS) is 15.1. The first-order valence-corrected chi connectivity index (χ1v) is 10.1. The van der Waals surface area contributed by atoms with Crippen molar-refractivity contribution in [1.29, 1.82) is 0 Å². The number of hydrazone groups is 1. The average molecular weight is 400 g/mol. The average Bonchev–Trinajstić information content (AvgIpc) is 3.01. The first kappa shape index (κ1) is 20.2. The van der Waals surface area contributed by atoms with Crippen LogP contribution in [0.4, 0.5) is 5.69 Å². The molecule has 1 aliphatic heterocycles. The summed E-state index contributed by atoms with van der Waals surface area (Å²) in [4.78, 5) is 14.4. The number of nitrogens with zero attached hydrogens (tertiary/aromatic N) is 2. The Morgan fingerprint density at radius 1 is 1.04 bits per heavy atom. The molecule has 2 aromatic carbocycles. The molecule has 28 heavy (non-hydrogen) atoms. The number of nitrogens with one attached hydrogen (secondary N) is 1. The standard InChI is InChI=1S/C22H26ClN3O2/c1-17(24-25-22(27)16-28-21-12-8-19(23)9-13-21)18-6-10-20(11-7-18)26-14-4-2-3-5-15-26/h6-13H,2-5,14-16H2,1H3,(H,25,27)/b24-17-. The SMILES string of the molecule is C/C(=N/NC(=O)COc1ccc(Cl)cc1)c1ccc(N2CCCCCC2)cc1. The molecular weight excluding hydrogens is 374 g/mol. The Bertz CT molecular complexity index is 796. The van der Waals surface area contributed by atoms with Crippen molar-refractivity contribution in [3.05, 3.63) is 59.1 Å². The lowest BCUT2D eigenvalue weighted by atomic mass is 10.1. The monoisotopic (exact) mass is 399 g/mol. The fraction of sp³-hybridized carbons (Fsp3) is 0.364. The lowest BCUT2D eigenvalue weighted by Gasteiger charge is -2.22. The summed E-state index contributed by atoms with van der Waals surface area (Å²) in [5.41, 5.74) is 5.52. The number of ether oxygens (including phenoxy) is 1. The predicted molar refractivity (Wildman–Crippen MR) is 114 cm³/mol. The van der Waals surface area contributed by atoms with E-state index in [1.54, 1.807) is 24.3 Å². The fourth-order valence-electron chi connectivity index (χ4n) is 3.17. The zero-order valence-electron chi connectivity index (χ0n) is 16.2. The molecule has 0 unspecified atom stereocenters. The zero-order chi connectivity index (χ0) is 19.8. The van der Waals surface area contributed by atoms with E-state index < -0.39 is 0 Å². The van der Waals surface area contributed by atoms with Gasteiger partial charge in [-0.15, -0.1) is 0 Å². The van der Waals surface area contributed by atoms with Gasteiger partial charge in [0.05, 0.1) is 5.71 Å². The van der Waals surface area contributed by atoms with Crippen molar-refractivity contribution in [2.75, 3.05) is 24.6 Å². The summed E-state index contributed by atoms with van der Waals surface area (Å²) < 4.78 is 5.41. The van der Waals surface area contributed by atoms with Crippen LogP contribution in [0.25, 0.3) is 0 Å². The number of amides is 1. The predicted octanol–water partition coefficient (Wildman–Crippen LogP) is 4.64. The third kappa shape index (κ3) is 5.99. The van der Waals surface area contributed by atoms with E-state index in [-0.39, 0.29) is 12.5 Å². The van der Waals surface area contributed by atoms with Crippen LogP contribution in [0.15, 0.2) is 53.6 Å². The molecule has 1 N–H and O–H groups in total. The van der Waals surface area contributed by atoms with E-state index in [2.05, 4.69) is 39.7 Å². The second-order valence-corrected chi connectivity index (χ2v) is 7.36. The lowest BCUT2D eigenvalue weighted by molar-refractivity contribution is -0.123. The van der Waals surface area contributed by atoms with Gasteiger partial charge in [0.15, 0.2) is 6.61 Å². The number of benzene rings is 2. The molecule has 0 saturated carbocycles. The van der Waals surface area contributed by atoms with E-state index in [4.69, 9.17) is 16.3 Å². The Kier molecular flexibility index (Phi) is 7.31. The maximum absolute atomic E-state index is 11.9. The van der Waals surface area contributed by atoms with E-state index in [0.717, 1.165) is 24.4 Å². The van der Waals surface area contributed by atoms with Crippen LogP contribution >= 0.6 is 11.6 Å². The Hall–Kier alpha value is -2.53. The highest BCUT2D eigenvalue weighted by Gasteiger charge is 2.10. The Balaban J connectivity index is 1.51. The first-order valence-electron chi connectivity index (χ1n) is 9.69. The van der Waals surface area contributed by atoms with Crippen LogP contribution in [0.2, 0.25) is 5.02 Å². The summed E-state index contributed by atoms with van der Waals surface area (Å²) in [6, 6.07) is 15.2. The van der Waals surface area contributed by atoms with Gasteiger partial charge in [-0.3, -0.25) is 4.79 Å². The van der Waals surface area contributed by atoms with E-state index in [9.17, 15) is 4.79 Å². The molecule has 6 heteroatoms. The topological polar surface area (TPSA) is 53.9 Å². The van der Waals surface area contributed by atoms with Crippen LogP contribution < -0.4 is 15.1 Å². The minimum Gasteiger partial charge on any atom is -0.484 e. The maximum Gasteiger partial charge on any atom is 0.277 e. The maximum atomic E-state index is 11.9.